The fraction of sp³-hybridized carbons (Fsp3) is 0.692. The lowest BCUT2D eigenvalue weighted by molar-refractivity contribution is 0.0403. The number of nitrogens with zero attached hydrogens (tertiary/aromatic N) is 3. The van der Waals surface area contributed by atoms with Gasteiger partial charge in [0.15, 0.2) is 0 Å². The highest BCUT2D eigenvalue weighted by atomic mass is 16.5. The first kappa shape index (κ1) is 28.0. The zero-order chi connectivity index (χ0) is 23.3. The SMILES string of the molecule is CCCCCCCCCCCCCC=C[C@@H](OCc1ccc(OC)cc1)[C@H](CO)N=[N+]=[N-]. The van der Waals surface area contributed by atoms with Crippen molar-refractivity contribution in [3.63, 3.8) is 0 Å². The average molecular weight is 446 g/mol. The van der Waals surface area contributed by atoms with Crippen LogP contribution in [0.2, 0.25) is 0 Å². The van der Waals surface area contributed by atoms with Crippen molar-refractivity contribution < 1.29 is 14.6 Å². The first-order valence-corrected chi connectivity index (χ1v) is 12.3. The molecule has 0 fully saturated rings. The lowest BCUT2D eigenvalue weighted by atomic mass is 10.0. The van der Waals surface area contributed by atoms with Crippen LogP contribution in [-0.2, 0) is 11.3 Å². The summed E-state index contributed by atoms with van der Waals surface area (Å²) in [5, 5.41) is 13.3. The predicted octanol–water partition coefficient (Wildman–Crippen LogP) is 7.51. The number of azide groups is 1. The van der Waals surface area contributed by atoms with E-state index in [2.05, 4.69) is 23.0 Å². The molecule has 6 heteroatoms. The molecule has 2 atom stereocenters. The van der Waals surface area contributed by atoms with Crippen LogP contribution in [0.4, 0.5) is 0 Å². The van der Waals surface area contributed by atoms with E-state index in [1.54, 1.807) is 7.11 Å². The van der Waals surface area contributed by atoms with E-state index in [0.29, 0.717) is 6.61 Å². The van der Waals surface area contributed by atoms with E-state index in [-0.39, 0.29) is 6.61 Å². The molecule has 0 aromatic heterocycles. The third kappa shape index (κ3) is 13.4. The summed E-state index contributed by atoms with van der Waals surface area (Å²) in [6, 6.07) is 7.00. The summed E-state index contributed by atoms with van der Waals surface area (Å²) in [6.07, 6.45) is 19.1. The molecule has 0 aliphatic rings. The molecule has 0 aliphatic heterocycles. The second kappa shape index (κ2) is 19.7. The van der Waals surface area contributed by atoms with E-state index in [4.69, 9.17) is 15.0 Å². The molecular weight excluding hydrogens is 402 g/mol. The van der Waals surface area contributed by atoms with Crippen LogP contribution >= 0.6 is 0 Å². The number of methoxy groups -OCH3 is 1. The van der Waals surface area contributed by atoms with Crippen molar-refractivity contribution in [3.05, 3.63) is 52.4 Å². The molecule has 1 rings (SSSR count). The van der Waals surface area contributed by atoms with Crippen LogP contribution in [0, 0.1) is 0 Å². The van der Waals surface area contributed by atoms with Crippen LogP contribution in [-0.4, -0.2) is 31.0 Å². The van der Waals surface area contributed by atoms with Gasteiger partial charge < -0.3 is 14.6 Å². The number of aliphatic hydroxyl groups is 1. The average Bonchev–Trinajstić information content (AvgIpc) is 2.83. The van der Waals surface area contributed by atoms with Crippen LogP contribution in [0.1, 0.15) is 89.5 Å². The molecule has 1 N–H and O–H groups in total. The van der Waals surface area contributed by atoms with Crippen LogP contribution in [0.15, 0.2) is 41.5 Å². The molecule has 0 amide bonds. The highest BCUT2D eigenvalue weighted by Gasteiger charge is 2.18. The van der Waals surface area contributed by atoms with Crippen LogP contribution in [0.5, 0.6) is 5.75 Å². The number of hydrogen-bond donors (Lipinski definition) is 1. The van der Waals surface area contributed by atoms with Gasteiger partial charge in [0.1, 0.15) is 5.75 Å². The summed E-state index contributed by atoms with van der Waals surface area (Å²) in [7, 11) is 1.63. The second-order valence-corrected chi connectivity index (χ2v) is 8.33. The van der Waals surface area contributed by atoms with Crippen molar-refractivity contribution >= 4 is 0 Å². The van der Waals surface area contributed by atoms with Crippen LogP contribution in [0.3, 0.4) is 0 Å². The van der Waals surface area contributed by atoms with E-state index in [0.717, 1.165) is 24.2 Å². The highest BCUT2D eigenvalue weighted by molar-refractivity contribution is 5.26. The van der Waals surface area contributed by atoms with Gasteiger partial charge in [-0.1, -0.05) is 101 Å². The van der Waals surface area contributed by atoms with Gasteiger partial charge in [-0.25, -0.2) is 0 Å². The molecule has 0 saturated carbocycles. The maximum Gasteiger partial charge on any atom is 0.118 e. The zero-order valence-corrected chi connectivity index (χ0v) is 20.1. The van der Waals surface area contributed by atoms with E-state index in [9.17, 15) is 5.11 Å². The van der Waals surface area contributed by atoms with Gasteiger partial charge in [-0.05, 0) is 36.1 Å². The third-order valence-corrected chi connectivity index (χ3v) is 5.67. The molecule has 1 aromatic rings. The van der Waals surface area contributed by atoms with Gasteiger partial charge in [0.25, 0.3) is 0 Å². The number of ether oxygens (including phenoxy) is 2. The number of allylic oxidation sites excluding steroid dienone is 1. The minimum absolute atomic E-state index is 0.250. The summed E-state index contributed by atoms with van der Waals surface area (Å²) in [5.74, 6) is 0.791. The lowest BCUT2D eigenvalue weighted by Crippen LogP contribution is -2.28. The molecule has 0 heterocycles. The van der Waals surface area contributed by atoms with Gasteiger partial charge >= 0.3 is 0 Å². The molecule has 0 radical (unpaired) electrons. The highest BCUT2D eigenvalue weighted by Crippen LogP contribution is 2.16. The Morgan fingerprint density at radius 3 is 2.09 bits per heavy atom. The second-order valence-electron chi connectivity index (χ2n) is 8.33. The van der Waals surface area contributed by atoms with Gasteiger partial charge in [-0.15, -0.1) is 0 Å². The number of unbranched alkanes of at least 4 members (excludes halogenated alkanes) is 11. The van der Waals surface area contributed by atoms with Crippen molar-refractivity contribution in [1.29, 1.82) is 0 Å². The summed E-state index contributed by atoms with van der Waals surface area (Å²) >= 11 is 0. The molecule has 6 nitrogen and oxygen atoms in total. The molecule has 32 heavy (non-hydrogen) atoms. The first-order chi connectivity index (χ1) is 15.7. The zero-order valence-electron chi connectivity index (χ0n) is 20.1. The smallest absolute Gasteiger partial charge is 0.118 e. The number of hydrogen-bond acceptors (Lipinski definition) is 4. The molecule has 0 saturated heterocycles. The molecule has 180 valence electrons. The number of rotatable bonds is 20. The Kier molecular flexibility index (Phi) is 17.2. The van der Waals surface area contributed by atoms with E-state index in [1.807, 2.05) is 30.3 Å². The van der Waals surface area contributed by atoms with Gasteiger partial charge in [-0.3, -0.25) is 0 Å². The third-order valence-electron chi connectivity index (χ3n) is 5.67. The minimum atomic E-state index is -0.633. The van der Waals surface area contributed by atoms with Gasteiger partial charge in [0.2, 0.25) is 0 Å². The largest absolute Gasteiger partial charge is 0.497 e. The standard InChI is InChI=1S/C26H43N3O3/c1-3-4-5-6-7-8-9-10-11-12-13-14-15-16-26(25(21-30)28-29-27)32-22-23-17-19-24(31-2)20-18-23/h15-20,25-26,30H,3-14,21-22H2,1-2H3/t25-,26+/m0/s1. The van der Waals surface area contributed by atoms with Crippen molar-refractivity contribution in [1.82, 2.24) is 0 Å². The van der Waals surface area contributed by atoms with E-state index in [1.165, 1.54) is 64.2 Å². The Hall–Kier alpha value is -2.01. The van der Waals surface area contributed by atoms with E-state index < -0.39 is 12.1 Å². The Balaban J connectivity index is 2.30. The first-order valence-electron chi connectivity index (χ1n) is 12.3. The Labute approximate surface area is 194 Å². The normalized spacial score (nSPS) is 13.1. The van der Waals surface area contributed by atoms with Crippen LogP contribution < -0.4 is 4.74 Å². The van der Waals surface area contributed by atoms with Crippen LogP contribution in [0.25, 0.3) is 10.4 Å². The molecule has 0 unspecified atom stereocenters. The molecule has 0 aliphatic carbocycles. The fourth-order valence-electron chi connectivity index (χ4n) is 3.64. The van der Waals surface area contributed by atoms with E-state index >= 15 is 0 Å². The van der Waals surface area contributed by atoms with Crippen molar-refractivity contribution in [2.45, 2.75) is 103 Å². The fourth-order valence-corrected chi connectivity index (χ4v) is 3.64. The molecular formula is C26H43N3O3. The Bertz CT molecular complexity index is 642. The summed E-state index contributed by atoms with van der Waals surface area (Å²) in [5.41, 5.74) is 9.79. The molecule has 0 spiro atoms. The van der Waals surface area contributed by atoms with Gasteiger partial charge in [0.05, 0.1) is 32.5 Å². The number of benzene rings is 1. The van der Waals surface area contributed by atoms with Crippen molar-refractivity contribution in [3.8, 4) is 5.75 Å². The lowest BCUT2D eigenvalue weighted by Gasteiger charge is -2.19. The van der Waals surface area contributed by atoms with Crippen molar-refractivity contribution in [2.75, 3.05) is 13.7 Å². The minimum Gasteiger partial charge on any atom is -0.497 e. The summed E-state index contributed by atoms with van der Waals surface area (Å²) in [4.78, 5) is 2.85. The Morgan fingerprint density at radius 2 is 1.56 bits per heavy atom. The quantitative estimate of drug-likeness (QED) is 0.0740. The Morgan fingerprint density at radius 1 is 0.969 bits per heavy atom. The van der Waals surface area contributed by atoms with Crippen molar-refractivity contribution in [2.24, 2.45) is 5.11 Å². The number of aliphatic hydroxyl groups excluding tert-OH is 1. The maximum atomic E-state index is 9.60. The topological polar surface area (TPSA) is 87.5 Å². The van der Waals surface area contributed by atoms with Gasteiger partial charge in [-0.2, -0.15) is 0 Å². The molecule has 1 aromatic carbocycles. The predicted molar refractivity (Wildman–Crippen MR) is 132 cm³/mol. The molecule has 0 bridgehead atoms. The monoisotopic (exact) mass is 445 g/mol. The van der Waals surface area contributed by atoms with Gasteiger partial charge in [0, 0.05) is 4.91 Å². The summed E-state index contributed by atoms with van der Waals surface area (Å²) in [6.45, 7) is 2.38. The maximum absolute atomic E-state index is 9.60. The summed E-state index contributed by atoms with van der Waals surface area (Å²) < 4.78 is 11.1.